The van der Waals surface area contributed by atoms with Gasteiger partial charge < -0.3 is 14.4 Å². The minimum absolute atomic E-state index is 0.0524. The van der Waals surface area contributed by atoms with Crippen LogP contribution < -0.4 is 10.2 Å². The van der Waals surface area contributed by atoms with Gasteiger partial charge in [-0.1, -0.05) is 6.58 Å². The summed E-state index contributed by atoms with van der Waals surface area (Å²) in [5.41, 5.74) is -0.800. The molecule has 0 atom stereocenters. The fraction of sp³-hybridized carbons (Fsp3) is 0. The Balaban J connectivity index is 2.87. The first-order valence-corrected chi connectivity index (χ1v) is 5.01. The zero-order valence-corrected chi connectivity index (χ0v) is 9.39. The molecule has 0 fully saturated rings. The fourth-order valence-corrected chi connectivity index (χ4v) is 1.64. The Kier molecular flexibility index (Phi) is 3.04. The average Bonchev–Trinajstić information content (AvgIpc) is 2.35. The zero-order valence-electron chi connectivity index (χ0n) is 9.39. The summed E-state index contributed by atoms with van der Waals surface area (Å²) < 4.78 is 31.8. The Labute approximate surface area is 105 Å². The third kappa shape index (κ3) is 2.17. The SMILES string of the molecule is C=Cn1cc(OC(=O)O)c(=O)c2cc(F)c(F)cc21. The summed E-state index contributed by atoms with van der Waals surface area (Å²) in [5.74, 6) is -2.87. The van der Waals surface area contributed by atoms with Crippen LogP contribution in [0, 0.1) is 11.6 Å². The van der Waals surface area contributed by atoms with E-state index >= 15 is 0 Å². The predicted octanol–water partition coefficient (Wildman–Crippen LogP) is 2.44. The number of fused-ring (bicyclic) bond motifs is 1. The molecule has 5 nitrogen and oxygen atoms in total. The highest BCUT2D eigenvalue weighted by atomic mass is 19.2. The Morgan fingerprint density at radius 3 is 2.58 bits per heavy atom. The van der Waals surface area contributed by atoms with Crippen LogP contribution in [0.4, 0.5) is 13.6 Å². The molecule has 1 N–H and O–H groups in total. The fourth-order valence-electron chi connectivity index (χ4n) is 1.64. The summed E-state index contributed by atoms with van der Waals surface area (Å²) in [6.45, 7) is 3.42. The average molecular weight is 267 g/mol. The van der Waals surface area contributed by atoms with E-state index < -0.39 is 29.0 Å². The molecule has 0 spiro atoms. The molecule has 98 valence electrons. The largest absolute Gasteiger partial charge is 0.511 e. The number of hydrogen-bond acceptors (Lipinski definition) is 3. The standard InChI is InChI=1S/C12H7F2NO4/c1-2-15-5-10(19-12(17)18)11(16)6-3-7(13)8(14)4-9(6)15/h2-5H,1H2,(H,17,18). The number of ether oxygens (including phenoxy) is 1. The normalized spacial score (nSPS) is 10.4. The first kappa shape index (κ1) is 12.7. The highest BCUT2D eigenvalue weighted by Gasteiger charge is 2.15. The molecular formula is C12H7F2NO4. The van der Waals surface area contributed by atoms with Crippen molar-refractivity contribution >= 4 is 23.3 Å². The number of nitrogens with zero attached hydrogens (tertiary/aromatic N) is 1. The molecule has 1 heterocycles. The zero-order chi connectivity index (χ0) is 14.2. The molecule has 0 saturated carbocycles. The van der Waals surface area contributed by atoms with Gasteiger partial charge in [-0.2, -0.15) is 0 Å². The molecule has 0 radical (unpaired) electrons. The molecule has 0 saturated heterocycles. The number of benzene rings is 1. The Morgan fingerprint density at radius 2 is 2.00 bits per heavy atom. The first-order valence-electron chi connectivity index (χ1n) is 5.01. The van der Waals surface area contributed by atoms with Gasteiger partial charge >= 0.3 is 6.16 Å². The number of carboxylic acid groups (broad SMARTS) is 1. The van der Waals surface area contributed by atoms with Gasteiger partial charge in [-0.15, -0.1) is 0 Å². The molecule has 1 aromatic heterocycles. The van der Waals surface area contributed by atoms with Crippen molar-refractivity contribution < 1.29 is 23.4 Å². The molecule has 0 aliphatic carbocycles. The molecule has 0 aliphatic rings. The Morgan fingerprint density at radius 1 is 1.37 bits per heavy atom. The molecule has 2 rings (SSSR count). The van der Waals surface area contributed by atoms with E-state index in [1.54, 1.807) is 0 Å². The van der Waals surface area contributed by atoms with Gasteiger partial charge in [0, 0.05) is 12.3 Å². The molecule has 7 heteroatoms. The van der Waals surface area contributed by atoms with Crippen LogP contribution in [-0.4, -0.2) is 15.8 Å². The molecule has 0 unspecified atom stereocenters. The number of aromatic nitrogens is 1. The molecule has 2 aromatic rings. The molecule has 0 aliphatic heterocycles. The Hall–Kier alpha value is -2.70. The number of pyridine rings is 1. The van der Waals surface area contributed by atoms with E-state index in [1.807, 2.05) is 0 Å². The highest BCUT2D eigenvalue weighted by Crippen LogP contribution is 2.19. The molecule has 19 heavy (non-hydrogen) atoms. The van der Waals surface area contributed by atoms with Crippen molar-refractivity contribution in [3.8, 4) is 5.75 Å². The predicted molar refractivity (Wildman–Crippen MR) is 63.2 cm³/mol. The molecule has 0 amide bonds. The molecule has 1 aromatic carbocycles. The summed E-state index contributed by atoms with van der Waals surface area (Å²) in [6, 6.07) is 1.50. The van der Waals surface area contributed by atoms with E-state index in [9.17, 15) is 18.4 Å². The van der Waals surface area contributed by atoms with Gasteiger partial charge in [0.2, 0.25) is 5.43 Å². The van der Waals surface area contributed by atoms with Gasteiger partial charge in [0.15, 0.2) is 17.4 Å². The summed E-state index contributed by atoms with van der Waals surface area (Å²) in [5, 5.41) is 8.28. The molecule has 0 bridgehead atoms. The van der Waals surface area contributed by atoms with Crippen LogP contribution in [0.3, 0.4) is 0 Å². The topological polar surface area (TPSA) is 68.5 Å². The van der Waals surface area contributed by atoms with Crippen LogP contribution in [-0.2, 0) is 0 Å². The third-order valence-corrected chi connectivity index (χ3v) is 2.44. The van der Waals surface area contributed by atoms with Crippen molar-refractivity contribution in [1.29, 1.82) is 0 Å². The smallest absolute Gasteiger partial charge is 0.449 e. The Bertz CT molecular complexity index is 751. The second kappa shape index (κ2) is 4.52. The van der Waals surface area contributed by atoms with Crippen molar-refractivity contribution in [1.82, 2.24) is 4.57 Å². The summed E-state index contributed by atoms with van der Waals surface area (Å²) in [4.78, 5) is 22.3. The van der Waals surface area contributed by atoms with Crippen molar-refractivity contribution in [2.45, 2.75) is 0 Å². The number of rotatable bonds is 2. The van der Waals surface area contributed by atoms with Gasteiger partial charge in [0.1, 0.15) is 0 Å². The monoisotopic (exact) mass is 267 g/mol. The lowest BCUT2D eigenvalue weighted by Gasteiger charge is -2.08. The van der Waals surface area contributed by atoms with Gasteiger partial charge in [-0.05, 0) is 6.07 Å². The summed E-state index contributed by atoms with van der Waals surface area (Å²) in [7, 11) is 0. The number of halogens is 2. The van der Waals surface area contributed by atoms with Crippen LogP contribution in [0.2, 0.25) is 0 Å². The van der Waals surface area contributed by atoms with E-state index in [1.165, 1.54) is 6.20 Å². The second-order valence-corrected chi connectivity index (χ2v) is 3.56. The summed E-state index contributed by atoms with van der Waals surface area (Å²) in [6.07, 6.45) is 0.548. The maximum absolute atomic E-state index is 13.2. The number of carbonyl (C=O) groups is 1. The van der Waals surface area contributed by atoms with E-state index in [0.717, 1.165) is 16.8 Å². The van der Waals surface area contributed by atoms with E-state index in [0.29, 0.717) is 6.07 Å². The van der Waals surface area contributed by atoms with Crippen LogP contribution in [0.15, 0.2) is 29.7 Å². The maximum atomic E-state index is 13.2. The lowest BCUT2D eigenvalue weighted by atomic mass is 10.2. The van der Waals surface area contributed by atoms with E-state index in [4.69, 9.17) is 5.11 Å². The van der Waals surface area contributed by atoms with E-state index in [-0.39, 0.29) is 10.9 Å². The van der Waals surface area contributed by atoms with Gasteiger partial charge in [-0.25, -0.2) is 13.6 Å². The number of hydrogen-bond donors (Lipinski definition) is 1. The first-order chi connectivity index (χ1) is 8.93. The van der Waals surface area contributed by atoms with Gasteiger partial charge in [-0.3, -0.25) is 4.79 Å². The lowest BCUT2D eigenvalue weighted by molar-refractivity contribution is 0.144. The molecular weight excluding hydrogens is 260 g/mol. The van der Waals surface area contributed by atoms with Gasteiger partial charge in [0.25, 0.3) is 0 Å². The highest BCUT2D eigenvalue weighted by molar-refractivity contribution is 5.82. The lowest BCUT2D eigenvalue weighted by Crippen LogP contribution is -2.15. The minimum atomic E-state index is -1.69. The van der Waals surface area contributed by atoms with Gasteiger partial charge in [0.05, 0.1) is 17.1 Å². The van der Waals surface area contributed by atoms with Crippen LogP contribution >= 0.6 is 0 Å². The third-order valence-electron chi connectivity index (χ3n) is 2.44. The van der Waals surface area contributed by atoms with Crippen molar-refractivity contribution in [2.24, 2.45) is 0 Å². The van der Waals surface area contributed by atoms with Crippen molar-refractivity contribution in [3.63, 3.8) is 0 Å². The van der Waals surface area contributed by atoms with Crippen molar-refractivity contribution in [3.05, 3.63) is 46.8 Å². The summed E-state index contributed by atoms with van der Waals surface area (Å²) >= 11 is 0. The minimum Gasteiger partial charge on any atom is -0.449 e. The van der Waals surface area contributed by atoms with Crippen LogP contribution in [0.1, 0.15) is 0 Å². The quantitative estimate of drug-likeness (QED) is 0.848. The van der Waals surface area contributed by atoms with Crippen molar-refractivity contribution in [2.75, 3.05) is 0 Å². The van der Waals surface area contributed by atoms with E-state index in [2.05, 4.69) is 11.3 Å². The van der Waals surface area contributed by atoms with Crippen LogP contribution in [0.5, 0.6) is 5.75 Å². The maximum Gasteiger partial charge on any atom is 0.511 e. The van der Waals surface area contributed by atoms with Crippen LogP contribution in [0.25, 0.3) is 17.1 Å². The second-order valence-electron chi connectivity index (χ2n) is 3.56.